The lowest BCUT2D eigenvalue weighted by atomic mass is 10.1. The SMILES string of the molecule is CC1COC(CO)CN1c1ccc(CO)cc1C#N. The van der Waals surface area contributed by atoms with Gasteiger partial charge in [-0.15, -0.1) is 0 Å². The van der Waals surface area contributed by atoms with Crippen molar-refractivity contribution in [1.29, 1.82) is 5.26 Å². The molecule has 2 N–H and O–H groups in total. The molecule has 2 atom stereocenters. The van der Waals surface area contributed by atoms with E-state index in [1.807, 2.05) is 19.1 Å². The monoisotopic (exact) mass is 262 g/mol. The molecular weight excluding hydrogens is 244 g/mol. The van der Waals surface area contributed by atoms with Crippen LogP contribution in [0, 0.1) is 11.3 Å². The van der Waals surface area contributed by atoms with Gasteiger partial charge in [0.25, 0.3) is 0 Å². The maximum atomic E-state index is 9.24. The maximum Gasteiger partial charge on any atom is 0.101 e. The number of morpholine rings is 1. The van der Waals surface area contributed by atoms with Gasteiger partial charge < -0.3 is 19.8 Å². The lowest BCUT2D eigenvalue weighted by Crippen LogP contribution is -2.49. The van der Waals surface area contributed by atoms with Gasteiger partial charge in [-0.25, -0.2) is 0 Å². The second-order valence-corrected chi connectivity index (χ2v) is 4.76. The molecule has 1 aromatic carbocycles. The molecule has 2 unspecified atom stereocenters. The molecule has 1 aliphatic rings. The van der Waals surface area contributed by atoms with Gasteiger partial charge in [0.15, 0.2) is 0 Å². The number of aliphatic hydroxyl groups is 2. The van der Waals surface area contributed by atoms with E-state index in [0.29, 0.717) is 18.7 Å². The minimum atomic E-state index is -0.222. The minimum absolute atomic E-state index is 0.0279. The zero-order valence-electron chi connectivity index (χ0n) is 10.9. The Bertz CT molecular complexity index is 484. The van der Waals surface area contributed by atoms with Crippen molar-refractivity contribution in [2.24, 2.45) is 0 Å². The largest absolute Gasteiger partial charge is 0.394 e. The van der Waals surface area contributed by atoms with Gasteiger partial charge >= 0.3 is 0 Å². The van der Waals surface area contributed by atoms with E-state index in [0.717, 1.165) is 11.3 Å². The Morgan fingerprint density at radius 2 is 2.26 bits per heavy atom. The molecule has 102 valence electrons. The molecule has 2 rings (SSSR count). The highest BCUT2D eigenvalue weighted by Gasteiger charge is 2.27. The highest BCUT2D eigenvalue weighted by molar-refractivity contribution is 5.61. The van der Waals surface area contributed by atoms with E-state index in [1.54, 1.807) is 6.07 Å². The summed E-state index contributed by atoms with van der Waals surface area (Å²) in [7, 11) is 0. The van der Waals surface area contributed by atoms with Crippen LogP contribution in [0.1, 0.15) is 18.1 Å². The highest BCUT2D eigenvalue weighted by atomic mass is 16.5. The molecule has 1 heterocycles. The fourth-order valence-corrected chi connectivity index (χ4v) is 2.29. The van der Waals surface area contributed by atoms with E-state index in [4.69, 9.17) is 9.84 Å². The van der Waals surface area contributed by atoms with Gasteiger partial charge in [-0.05, 0) is 24.6 Å². The summed E-state index contributed by atoms with van der Waals surface area (Å²) >= 11 is 0. The van der Waals surface area contributed by atoms with E-state index < -0.39 is 0 Å². The second kappa shape index (κ2) is 6.02. The summed E-state index contributed by atoms with van der Waals surface area (Å²) in [6.45, 7) is 3.00. The first-order valence-corrected chi connectivity index (χ1v) is 6.32. The average molecular weight is 262 g/mol. The van der Waals surface area contributed by atoms with E-state index in [2.05, 4.69) is 11.0 Å². The van der Waals surface area contributed by atoms with Crippen LogP contribution in [-0.2, 0) is 11.3 Å². The number of benzene rings is 1. The fourth-order valence-electron chi connectivity index (χ4n) is 2.29. The summed E-state index contributed by atoms with van der Waals surface area (Å²) in [6.07, 6.45) is -0.222. The molecule has 0 aliphatic carbocycles. The van der Waals surface area contributed by atoms with Crippen LogP contribution in [0.15, 0.2) is 18.2 Å². The van der Waals surface area contributed by atoms with Crippen LogP contribution in [0.4, 0.5) is 5.69 Å². The number of anilines is 1. The Morgan fingerprint density at radius 1 is 1.47 bits per heavy atom. The van der Waals surface area contributed by atoms with Crippen LogP contribution in [0.5, 0.6) is 0 Å². The Labute approximate surface area is 112 Å². The maximum absolute atomic E-state index is 9.24. The lowest BCUT2D eigenvalue weighted by molar-refractivity contribution is -0.0103. The van der Waals surface area contributed by atoms with Crippen molar-refractivity contribution in [3.05, 3.63) is 29.3 Å². The van der Waals surface area contributed by atoms with E-state index in [9.17, 15) is 10.4 Å². The van der Waals surface area contributed by atoms with Crippen molar-refractivity contribution in [2.45, 2.75) is 25.7 Å². The molecule has 1 aromatic rings. The van der Waals surface area contributed by atoms with E-state index >= 15 is 0 Å². The third kappa shape index (κ3) is 2.87. The van der Waals surface area contributed by atoms with Crippen molar-refractivity contribution in [1.82, 2.24) is 0 Å². The molecule has 0 radical (unpaired) electrons. The third-order valence-electron chi connectivity index (χ3n) is 3.38. The van der Waals surface area contributed by atoms with Gasteiger partial charge in [-0.1, -0.05) is 6.07 Å². The Hall–Kier alpha value is -1.61. The van der Waals surface area contributed by atoms with Gasteiger partial charge in [-0.2, -0.15) is 5.26 Å². The Morgan fingerprint density at radius 3 is 2.89 bits per heavy atom. The Balaban J connectivity index is 2.31. The molecule has 0 amide bonds. The second-order valence-electron chi connectivity index (χ2n) is 4.76. The van der Waals surface area contributed by atoms with Gasteiger partial charge in [0, 0.05) is 12.6 Å². The molecule has 19 heavy (non-hydrogen) atoms. The van der Waals surface area contributed by atoms with Crippen molar-refractivity contribution < 1.29 is 14.9 Å². The van der Waals surface area contributed by atoms with E-state index in [1.165, 1.54) is 0 Å². The molecule has 1 fully saturated rings. The van der Waals surface area contributed by atoms with Gasteiger partial charge in [0.05, 0.1) is 37.2 Å². The van der Waals surface area contributed by atoms with Gasteiger partial charge in [0.2, 0.25) is 0 Å². The van der Waals surface area contributed by atoms with Crippen LogP contribution in [0.2, 0.25) is 0 Å². The number of aliphatic hydroxyl groups excluding tert-OH is 2. The molecule has 0 saturated carbocycles. The molecule has 1 saturated heterocycles. The molecule has 0 bridgehead atoms. The molecule has 5 heteroatoms. The average Bonchev–Trinajstić information content (AvgIpc) is 2.47. The first kappa shape index (κ1) is 13.8. The number of rotatable bonds is 3. The third-order valence-corrected chi connectivity index (χ3v) is 3.38. The van der Waals surface area contributed by atoms with Crippen molar-refractivity contribution in [3.63, 3.8) is 0 Å². The van der Waals surface area contributed by atoms with Crippen LogP contribution < -0.4 is 4.90 Å². The Kier molecular flexibility index (Phi) is 4.38. The van der Waals surface area contributed by atoms with Crippen molar-refractivity contribution in [3.8, 4) is 6.07 Å². The molecular formula is C14H18N2O3. The predicted octanol–water partition coefficient (Wildman–Crippen LogP) is 0.637. The standard InChI is InChI=1S/C14H18N2O3/c1-10-9-19-13(8-18)6-16(10)14-3-2-11(7-17)4-12(14)5-15/h2-4,10,13,17-18H,6-9H2,1H3. The zero-order chi connectivity index (χ0) is 13.8. The molecule has 5 nitrogen and oxygen atoms in total. The van der Waals surface area contributed by atoms with Gasteiger partial charge in [-0.3, -0.25) is 0 Å². The summed E-state index contributed by atoms with van der Waals surface area (Å²) in [5.41, 5.74) is 2.09. The van der Waals surface area contributed by atoms with Crippen molar-refractivity contribution in [2.75, 3.05) is 24.7 Å². The number of hydrogen-bond acceptors (Lipinski definition) is 5. The smallest absolute Gasteiger partial charge is 0.101 e. The summed E-state index contributed by atoms with van der Waals surface area (Å²) in [6, 6.07) is 7.67. The first-order chi connectivity index (χ1) is 9.19. The predicted molar refractivity (Wildman–Crippen MR) is 70.7 cm³/mol. The summed E-state index contributed by atoms with van der Waals surface area (Å²) < 4.78 is 5.49. The number of nitriles is 1. The normalized spacial score (nSPS) is 23.2. The highest BCUT2D eigenvalue weighted by Crippen LogP contribution is 2.26. The summed E-state index contributed by atoms with van der Waals surface area (Å²) in [4.78, 5) is 2.07. The van der Waals surface area contributed by atoms with Crippen molar-refractivity contribution >= 4 is 5.69 Å². The number of ether oxygens (including phenoxy) is 1. The van der Waals surface area contributed by atoms with Crippen LogP contribution in [0.3, 0.4) is 0 Å². The topological polar surface area (TPSA) is 76.7 Å². The van der Waals surface area contributed by atoms with Crippen LogP contribution >= 0.6 is 0 Å². The summed E-state index contributed by atoms with van der Waals surface area (Å²) in [5.74, 6) is 0. The molecule has 0 spiro atoms. The quantitative estimate of drug-likeness (QED) is 0.836. The number of hydrogen-bond donors (Lipinski definition) is 2. The van der Waals surface area contributed by atoms with Crippen LogP contribution in [0.25, 0.3) is 0 Å². The minimum Gasteiger partial charge on any atom is -0.394 e. The van der Waals surface area contributed by atoms with Gasteiger partial charge in [0.1, 0.15) is 6.07 Å². The zero-order valence-corrected chi connectivity index (χ0v) is 10.9. The molecule has 0 aromatic heterocycles. The fraction of sp³-hybridized carbons (Fsp3) is 0.500. The lowest BCUT2D eigenvalue weighted by Gasteiger charge is -2.39. The first-order valence-electron chi connectivity index (χ1n) is 6.32. The number of nitrogens with zero attached hydrogens (tertiary/aromatic N) is 2. The molecule has 1 aliphatic heterocycles. The summed E-state index contributed by atoms with van der Waals surface area (Å²) in [5, 5.41) is 27.6. The van der Waals surface area contributed by atoms with E-state index in [-0.39, 0.29) is 25.4 Å². The van der Waals surface area contributed by atoms with Crippen LogP contribution in [-0.4, -0.2) is 42.1 Å².